The largest absolute Gasteiger partial charge is 0.417 e. The van der Waals surface area contributed by atoms with E-state index in [9.17, 15) is 13.2 Å². The SMILES string of the molecule is CNC(C)c1nnnn1-c1ccc(Br)c(C(F)(F)F)c1. The first-order valence-electron chi connectivity index (χ1n) is 5.67. The number of hydrogen-bond donors (Lipinski definition) is 1. The van der Waals surface area contributed by atoms with Gasteiger partial charge in [-0.25, -0.2) is 0 Å². The highest BCUT2D eigenvalue weighted by atomic mass is 79.9. The lowest BCUT2D eigenvalue weighted by atomic mass is 10.2. The van der Waals surface area contributed by atoms with Gasteiger partial charge in [-0.2, -0.15) is 17.9 Å². The minimum absolute atomic E-state index is 0.0231. The summed E-state index contributed by atoms with van der Waals surface area (Å²) >= 11 is 2.90. The lowest BCUT2D eigenvalue weighted by Gasteiger charge is -2.13. The molecule has 2 aromatic rings. The van der Waals surface area contributed by atoms with Crippen LogP contribution in [-0.2, 0) is 6.18 Å². The van der Waals surface area contributed by atoms with Gasteiger partial charge in [0.25, 0.3) is 0 Å². The molecule has 108 valence electrons. The van der Waals surface area contributed by atoms with E-state index in [4.69, 9.17) is 0 Å². The van der Waals surface area contributed by atoms with Crippen LogP contribution in [0.5, 0.6) is 0 Å². The van der Waals surface area contributed by atoms with E-state index in [1.807, 2.05) is 6.92 Å². The van der Waals surface area contributed by atoms with Crippen molar-refractivity contribution < 1.29 is 13.2 Å². The molecule has 5 nitrogen and oxygen atoms in total. The summed E-state index contributed by atoms with van der Waals surface area (Å²) in [6, 6.07) is 3.66. The zero-order chi connectivity index (χ0) is 14.9. The molecule has 0 amide bonds. The molecule has 1 atom stereocenters. The van der Waals surface area contributed by atoms with Crippen molar-refractivity contribution in [3.05, 3.63) is 34.1 Å². The summed E-state index contributed by atoms with van der Waals surface area (Å²) in [4.78, 5) is 0. The monoisotopic (exact) mass is 349 g/mol. The Hall–Kier alpha value is -1.48. The van der Waals surface area contributed by atoms with Gasteiger partial charge in [0.1, 0.15) is 0 Å². The van der Waals surface area contributed by atoms with Gasteiger partial charge in [0, 0.05) is 4.47 Å². The van der Waals surface area contributed by atoms with Gasteiger partial charge in [-0.3, -0.25) is 0 Å². The van der Waals surface area contributed by atoms with E-state index in [0.29, 0.717) is 5.82 Å². The van der Waals surface area contributed by atoms with Crippen LogP contribution < -0.4 is 5.32 Å². The van der Waals surface area contributed by atoms with Crippen LogP contribution in [0.25, 0.3) is 5.69 Å². The molecule has 2 rings (SSSR count). The quantitative estimate of drug-likeness (QED) is 0.925. The van der Waals surface area contributed by atoms with Crippen molar-refractivity contribution in [3.63, 3.8) is 0 Å². The Morgan fingerprint density at radius 1 is 1.35 bits per heavy atom. The molecule has 0 aliphatic rings. The van der Waals surface area contributed by atoms with Gasteiger partial charge in [-0.15, -0.1) is 5.10 Å². The Bertz CT molecular complexity index is 610. The summed E-state index contributed by atoms with van der Waals surface area (Å²) in [6.45, 7) is 1.81. The van der Waals surface area contributed by atoms with Crippen molar-refractivity contribution >= 4 is 15.9 Å². The third kappa shape index (κ3) is 2.83. The molecule has 1 N–H and O–H groups in total. The molecular formula is C11H11BrF3N5. The summed E-state index contributed by atoms with van der Waals surface area (Å²) in [5, 5.41) is 14.0. The van der Waals surface area contributed by atoms with Crippen LogP contribution in [0.1, 0.15) is 24.4 Å². The number of nitrogens with one attached hydrogen (secondary N) is 1. The van der Waals surface area contributed by atoms with Crippen LogP contribution in [0.15, 0.2) is 22.7 Å². The number of halogens is 4. The van der Waals surface area contributed by atoms with Crippen LogP contribution in [-0.4, -0.2) is 27.3 Å². The van der Waals surface area contributed by atoms with Crippen LogP contribution >= 0.6 is 15.9 Å². The molecule has 9 heteroatoms. The van der Waals surface area contributed by atoms with Crippen LogP contribution in [0, 0.1) is 0 Å². The Morgan fingerprint density at radius 3 is 2.65 bits per heavy atom. The summed E-state index contributed by atoms with van der Waals surface area (Å²) in [6.07, 6.45) is -4.45. The Morgan fingerprint density at radius 2 is 2.05 bits per heavy atom. The minimum atomic E-state index is -4.45. The fourth-order valence-electron chi connectivity index (χ4n) is 1.64. The highest BCUT2D eigenvalue weighted by Gasteiger charge is 2.33. The molecule has 0 aliphatic heterocycles. The first-order chi connectivity index (χ1) is 9.34. The van der Waals surface area contributed by atoms with Gasteiger partial charge in [0.05, 0.1) is 17.3 Å². The summed E-state index contributed by atoms with van der Waals surface area (Å²) in [5.41, 5.74) is -0.517. The van der Waals surface area contributed by atoms with Crippen LogP contribution in [0.4, 0.5) is 13.2 Å². The lowest BCUT2D eigenvalue weighted by Crippen LogP contribution is -2.18. The average molecular weight is 350 g/mol. The molecule has 0 radical (unpaired) electrons. The Kier molecular flexibility index (Phi) is 4.09. The third-order valence-electron chi connectivity index (χ3n) is 2.81. The zero-order valence-corrected chi connectivity index (χ0v) is 12.2. The van der Waals surface area contributed by atoms with Gasteiger partial charge in [-0.1, -0.05) is 15.9 Å². The Balaban J connectivity index is 2.52. The van der Waals surface area contributed by atoms with Crippen molar-refractivity contribution in [1.29, 1.82) is 0 Å². The topological polar surface area (TPSA) is 55.6 Å². The number of nitrogens with zero attached hydrogens (tertiary/aromatic N) is 4. The van der Waals surface area contributed by atoms with Gasteiger partial charge in [-0.05, 0) is 42.6 Å². The maximum atomic E-state index is 12.9. The van der Waals surface area contributed by atoms with Crippen molar-refractivity contribution in [1.82, 2.24) is 25.5 Å². The second-order valence-corrected chi connectivity index (χ2v) is 4.98. The number of benzene rings is 1. The smallest absolute Gasteiger partial charge is 0.311 e. The van der Waals surface area contributed by atoms with E-state index in [0.717, 1.165) is 6.07 Å². The van der Waals surface area contributed by atoms with Gasteiger partial charge in [0.2, 0.25) is 0 Å². The second-order valence-electron chi connectivity index (χ2n) is 4.12. The van der Waals surface area contributed by atoms with Crippen molar-refractivity contribution in [2.24, 2.45) is 0 Å². The normalized spacial score (nSPS) is 13.5. The molecule has 0 saturated heterocycles. The summed E-state index contributed by atoms with van der Waals surface area (Å²) in [7, 11) is 1.71. The summed E-state index contributed by atoms with van der Waals surface area (Å²) in [5.74, 6) is 0.433. The molecule has 0 fully saturated rings. The molecule has 20 heavy (non-hydrogen) atoms. The number of alkyl halides is 3. The molecule has 0 spiro atoms. The second kappa shape index (κ2) is 5.49. The van der Waals surface area contributed by atoms with Gasteiger partial charge in [0.15, 0.2) is 5.82 Å². The van der Waals surface area contributed by atoms with E-state index >= 15 is 0 Å². The maximum absolute atomic E-state index is 12.9. The van der Waals surface area contributed by atoms with Gasteiger partial charge < -0.3 is 5.32 Å². The first-order valence-corrected chi connectivity index (χ1v) is 6.46. The lowest BCUT2D eigenvalue weighted by molar-refractivity contribution is -0.138. The average Bonchev–Trinajstić information content (AvgIpc) is 2.86. The van der Waals surface area contributed by atoms with Gasteiger partial charge >= 0.3 is 6.18 Å². The molecule has 1 aromatic carbocycles. The van der Waals surface area contributed by atoms with Crippen molar-refractivity contribution in [2.75, 3.05) is 7.05 Å². The van der Waals surface area contributed by atoms with E-state index in [1.165, 1.54) is 16.8 Å². The molecule has 0 saturated carbocycles. The van der Waals surface area contributed by atoms with Crippen LogP contribution in [0.3, 0.4) is 0 Å². The Labute approximate surface area is 121 Å². The van der Waals surface area contributed by atoms with E-state index in [1.54, 1.807) is 7.05 Å². The predicted octanol–water partition coefficient (Wildman–Crippen LogP) is 2.72. The molecule has 0 bridgehead atoms. The fraction of sp³-hybridized carbons (Fsp3) is 0.364. The molecule has 1 unspecified atom stereocenters. The molecule has 1 heterocycles. The number of tetrazole rings is 1. The van der Waals surface area contributed by atoms with E-state index in [2.05, 4.69) is 36.8 Å². The summed E-state index contributed by atoms with van der Waals surface area (Å²) < 4.78 is 39.9. The number of rotatable bonds is 3. The van der Waals surface area contributed by atoms with Crippen LogP contribution in [0.2, 0.25) is 0 Å². The predicted molar refractivity (Wildman–Crippen MR) is 69.3 cm³/mol. The van der Waals surface area contributed by atoms with E-state index < -0.39 is 11.7 Å². The number of aromatic nitrogens is 4. The van der Waals surface area contributed by atoms with E-state index in [-0.39, 0.29) is 16.2 Å². The molecule has 1 aromatic heterocycles. The molecular weight excluding hydrogens is 339 g/mol. The maximum Gasteiger partial charge on any atom is 0.417 e. The highest BCUT2D eigenvalue weighted by Crippen LogP contribution is 2.36. The first kappa shape index (κ1) is 14.9. The standard InChI is InChI=1S/C11H11BrF3N5/c1-6(16-2)10-17-18-19-20(10)7-3-4-9(12)8(5-7)11(13,14)15/h3-6,16H,1-2H3. The zero-order valence-electron chi connectivity index (χ0n) is 10.6. The minimum Gasteiger partial charge on any atom is -0.311 e. The molecule has 0 aliphatic carbocycles. The highest BCUT2D eigenvalue weighted by molar-refractivity contribution is 9.10. The third-order valence-corrected chi connectivity index (χ3v) is 3.51. The van der Waals surface area contributed by atoms with Crippen molar-refractivity contribution in [2.45, 2.75) is 19.1 Å². The number of hydrogen-bond acceptors (Lipinski definition) is 4. The van der Waals surface area contributed by atoms with Crippen molar-refractivity contribution in [3.8, 4) is 5.69 Å². The fourth-order valence-corrected chi connectivity index (χ4v) is 2.11.